The van der Waals surface area contributed by atoms with E-state index in [1.165, 1.54) is 11.8 Å². The van der Waals surface area contributed by atoms with E-state index in [4.69, 9.17) is 9.72 Å². The highest BCUT2D eigenvalue weighted by Gasteiger charge is 2.21. The number of ether oxygens (including phenoxy) is 1. The summed E-state index contributed by atoms with van der Waals surface area (Å²) in [6, 6.07) is 14.0. The van der Waals surface area contributed by atoms with Gasteiger partial charge in [-0.2, -0.15) is 0 Å². The van der Waals surface area contributed by atoms with E-state index in [0.29, 0.717) is 12.3 Å². The standard InChI is InChI=1S/C21H25N3O2S3.ClH/c1-23(2)12-13-24(19(25)14-28-16-10-8-15(26-3)9-11-16)21-22-20-17(27-4)6-5-7-18(20)29-21;/h5-11H,12-14H2,1-4H3;1H. The number of hydrogen-bond acceptors (Lipinski definition) is 7. The molecule has 2 aromatic carbocycles. The summed E-state index contributed by atoms with van der Waals surface area (Å²) in [5, 5.41) is 0.767. The largest absolute Gasteiger partial charge is 0.497 e. The molecule has 162 valence electrons. The number of carbonyl (C=O) groups is 1. The van der Waals surface area contributed by atoms with Crippen molar-refractivity contribution in [2.24, 2.45) is 0 Å². The van der Waals surface area contributed by atoms with Crippen LogP contribution in [0.3, 0.4) is 0 Å². The third kappa shape index (κ3) is 6.28. The van der Waals surface area contributed by atoms with Crippen LogP contribution in [0.1, 0.15) is 0 Å². The van der Waals surface area contributed by atoms with Gasteiger partial charge in [0.05, 0.1) is 23.1 Å². The first kappa shape index (κ1) is 24.8. The summed E-state index contributed by atoms with van der Waals surface area (Å²) in [7, 11) is 5.67. The number of thiazole rings is 1. The number of likely N-dealkylation sites (N-methyl/N-ethyl adjacent to an activating group) is 1. The van der Waals surface area contributed by atoms with E-state index in [1.54, 1.807) is 30.2 Å². The Morgan fingerprint density at radius 1 is 1.13 bits per heavy atom. The lowest BCUT2D eigenvalue weighted by Gasteiger charge is -2.21. The van der Waals surface area contributed by atoms with Gasteiger partial charge in [-0.15, -0.1) is 35.9 Å². The molecule has 0 unspecified atom stereocenters. The smallest absolute Gasteiger partial charge is 0.239 e. The molecule has 1 aromatic heterocycles. The molecule has 9 heteroatoms. The zero-order chi connectivity index (χ0) is 20.8. The molecule has 0 aliphatic heterocycles. The van der Waals surface area contributed by atoms with Crippen molar-refractivity contribution in [3.8, 4) is 5.75 Å². The molecule has 30 heavy (non-hydrogen) atoms. The number of benzene rings is 2. The van der Waals surface area contributed by atoms with E-state index >= 15 is 0 Å². The van der Waals surface area contributed by atoms with Crippen molar-refractivity contribution < 1.29 is 9.53 Å². The first-order valence-electron chi connectivity index (χ1n) is 9.17. The fourth-order valence-electron chi connectivity index (χ4n) is 2.71. The Bertz CT molecular complexity index is 964. The van der Waals surface area contributed by atoms with Crippen LogP contribution in [0.25, 0.3) is 10.2 Å². The molecule has 0 saturated heterocycles. The van der Waals surface area contributed by atoms with Crippen LogP contribution in [0.15, 0.2) is 52.3 Å². The van der Waals surface area contributed by atoms with E-state index in [-0.39, 0.29) is 18.3 Å². The van der Waals surface area contributed by atoms with Crippen LogP contribution in [0, 0.1) is 0 Å². The zero-order valence-electron chi connectivity index (χ0n) is 17.5. The van der Waals surface area contributed by atoms with E-state index < -0.39 is 0 Å². The summed E-state index contributed by atoms with van der Waals surface area (Å²) in [5.74, 6) is 1.25. The number of amides is 1. The molecule has 0 aliphatic rings. The lowest BCUT2D eigenvalue weighted by atomic mass is 10.3. The van der Waals surface area contributed by atoms with Gasteiger partial charge < -0.3 is 9.64 Å². The van der Waals surface area contributed by atoms with E-state index in [9.17, 15) is 4.79 Å². The summed E-state index contributed by atoms with van der Waals surface area (Å²) in [6.45, 7) is 1.40. The molecular formula is C21H26ClN3O2S3. The fraction of sp³-hybridized carbons (Fsp3) is 0.333. The average molecular weight is 484 g/mol. The average Bonchev–Trinajstić information content (AvgIpc) is 3.16. The lowest BCUT2D eigenvalue weighted by Crippen LogP contribution is -2.37. The maximum atomic E-state index is 13.1. The van der Waals surface area contributed by atoms with E-state index in [1.807, 2.05) is 55.6 Å². The van der Waals surface area contributed by atoms with Gasteiger partial charge in [-0.1, -0.05) is 17.4 Å². The topological polar surface area (TPSA) is 45.7 Å². The Hall–Kier alpha value is -1.45. The number of methoxy groups -OCH3 is 1. The number of halogens is 1. The van der Waals surface area contributed by atoms with E-state index in [2.05, 4.69) is 17.0 Å². The van der Waals surface area contributed by atoms with Crippen LogP contribution in [0.4, 0.5) is 5.13 Å². The molecule has 0 fully saturated rings. The number of aromatic nitrogens is 1. The maximum absolute atomic E-state index is 13.1. The van der Waals surface area contributed by atoms with Crippen LogP contribution in [0.2, 0.25) is 0 Å². The van der Waals surface area contributed by atoms with Crippen LogP contribution in [0.5, 0.6) is 5.75 Å². The summed E-state index contributed by atoms with van der Waals surface area (Å²) in [6.07, 6.45) is 2.05. The molecule has 1 heterocycles. The molecular weight excluding hydrogens is 458 g/mol. The zero-order valence-corrected chi connectivity index (χ0v) is 20.7. The van der Waals surface area contributed by atoms with Crippen LogP contribution < -0.4 is 9.64 Å². The highest BCUT2D eigenvalue weighted by atomic mass is 35.5. The van der Waals surface area contributed by atoms with Gasteiger partial charge in [-0.05, 0) is 56.7 Å². The normalized spacial score (nSPS) is 10.8. The minimum Gasteiger partial charge on any atom is -0.497 e. The fourth-order valence-corrected chi connectivity index (χ4v) is 5.15. The summed E-state index contributed by atoms with van der Waals surface area (Å²) in [4.78, 5) is 24.0. The van der Waals surface area contributed by atoms with Crippen molar-refractivity contribution in [1.82, 2.24) is 9.88 Å². The highest BCUT2D eigenvalue weighted by molar-refractivity contribution is 8.00. The number of thioether (sulfide) groups is 2. The van der Waals surface area contributed by atoms with Gasteiger partial charge in [0.2, 0.25) is 5.91 Å². The maximum Gasteiger partial charge on any atom is 0.239 e. The van der Waals surface area contributed by atoms with Crippen LogP contribution in [-0.2, 0) is 4.79 Å². The number of para-hydroxylation sites is 1. The Kier molecular flexibility index (Phi) is 9.77. The quantitative estimate of drug-likeness (QED) is 0.393. The Balaban J connectivity index is 0.00000320. The number of rotatable bonds is 9. The summed E-state index contributed by atoms with van der Waals surface area (Å²) in [5.41, 5.74) is 0.977. The highest BCUT2D eigenvalue weighted by Crippen LogP contribution is 2.34. The summed E-state index contributed by atoms with van der Waals surface area (Å²) >= 11 is 4.79. The molecule has 0 saturated carbocycles. The molecule has 0 N–H and O–H groups in total. The minimum atomic E-state index is 0. The van der Waals surface area contributed by atoms with Crippen molar-refractivity contribution in [2.45, 2.75) is 9.79 Å². The first-order valence-corrected chi connectivity index (χ1v) is 12.2. The van der Waals surface area contributed by atoms with Crippen molar-refractivity contribution in [3.63, 3.8) is 0 Å². The van der Waals surface area contributed by atoms with Gasteiger partial charge in [0, 0.05) is 22.9 Å². The molecule has 3 aromatic rings. The number of fused-ring (bicyclic) bond motifs is 1. The third-order valence-electron chi connectivity index (χ3n) is 4.32. The van der Waals surface area contributed by atoms with Gasteiger partial charge in [-0.25, -0.2) is 4.98 Å². The van der Waals surface area contributed by atoms with Crippen molar-refractivity contribution in [2.75, 3.05) is 51.2 Å². The van der Waals surface area contributed by atoms with Crippen molar-refractivity contribution in [1.29, 1.82) is 0 Å². The SMILES string of the molecule is COc1ccc(SCC(=O)N(CCN(C)C)c2nc3c(SC)cccc3s2)cc1.Cl. The Morgan fingerprint density at radius 3 is 2.50 bits per heavy atom. The van der Waals surface area contributed by atoms with Gasteiger partial charge in [0.15, 0.2) is 5.13 Å². The van der Waals surface area contributed by atoms with Crippen molar-refractivity contribution >= 4 is 68.5 Å². The predicted molar refractivity (Wildman–Crippen MR) is 133 cm³/mol. The van der Waals surface area contributed by atoms with Gasteiger partial charge in [0.1, 0.15) is 5.75 Å². The minimum absolute atomic E-state index is 0. The lowest BCUT2D eigenvalue weighted by molar-refractivity contribution is -0.116. The predicted octanol–water partition coefficient (Wildman–Crippen LogP) is 5.14. The Morgan fingerprint density at radius 2 is 1.87 bits per heavy atom. The second-order valence-corrected chi connectivity index (χ2v) is 9.52. The van der Waals surface area contributed by atoms with Gasteiger partial charge in [-0.3, -0.25) is 9.69 Å². The summed E-state index contributed by atoms with van der Waals surface area (Å²) < 4.78 is 6.30. The number of hydrogen-bond donors (Lipinski definition) is 0. The molecule has 0 radical (unpaired) electrons. The van der Waals surface area contributed by atoms with Crippen LogP contribution in [-0.4, -0.2) is 62.1 Å². The molecule has 3 rings (SSSR count). The Labute approximate surface area is 196 Å². The van der Waals surface area contributed by atoms with Gasteiger partial charge in [0.25, 0.3) is 0 Å². The molecule has 0 bridgehead atoms. The monoisotopic (exact) mass is 483 g/mol. The van der Waals surface area contributed by atoms with Gasteiger partial charge >= 0.3 is 0 Å². The van der Waals surface area contributed by atoms with Crippen LogP contribution >= 0.6 is 47.3 Å². The van der Waals surface area contributed by atoms with Crippen molar-refractivity contribution in [3.05, 3.63) is 42.5 Å². The second-order valence-electron chi connectivity index (χ2n) is 6.62. The number of nitrogens with zero attached hydrogens (tertiary/aromatic N) is 3. The molecule has 1 amide bonds. The molecule has 0 atom stereocenters. The molecule has 0 spiro atoms. The number of carbonyl (C=O) groups excluding carboxylic acids is 1. The third-order valence-corrected chi connectivity index (χ3v) is 7.12. The number of anilines is 1. The second kappa shape index (κ2) is 11.8. The van der Waals surface area contributed by atoms with E-state index in [0.717, 1.165) is 37.4 Å². The first-order chi connectivity index (χ1) is 14.0. The molecule has 5 nitrogen and oxygen atoms in total. The molecule has 0 aliphatic carbocycles.